The lowest BCUT2D eigenvalue weighted by Gasteiger charge is -2.40. The van der Waals surface area contributed by atoms with Gasteiger partial charge in [0.2, 0.25) is 0 Å². The minimum absolute atomic E-state index is 0.0322. The van der Waals surface area contributed by atoms with Gasteiger partial charge in [-0.15, -0.1) is 6.58 Å². The molecule has 1 rings (SSSR count). The molecule has 0 aliphatic rings. The van der Waals surface area contributed by atoms with Crippen LogP contribution in [0.5, 0.6) is 0 Å². The molecule has 3 atom stereocenters. The van der Waals surface area contributed by atoms with Crippen molar-refractivity contribution in [2.45, 2.75) is 69.4 Å². The van der Waals surface area contributed by atoms with E-state index in [1.807, 2.05) is 31.2 Å². The van der Waals surface area contributed by atoms with Crippen molar-refractivity contribution in [2.75, 3.05) is 5.75 Å². The second-order valence-electron chi connectivity index (χ2n) is 7.83. The molecule has 1 N–H and O–H groups in total. The molecule has 0 bridgehead atoms. The highest BCUT2D eigenvalue weighted by Crippen LogP contribution is 2.38. The van der Waals surface area contributed by atoms with Crippen LogP contribution in [0.2, 0.25) is 18.1 Å². The number of aliphatic hydroxyl groups excluding tert-OH is 1. The Morgan fingerprint density at radius 2 is 1.83 bits per heavy atom. The van der Waals surface area contributed by atoms with Crippen molar-refractivity contribution in [1.29, 1.82) is 0 Å². The van der Waals surface area contributed by atoms with Gasteiger partial charge in [-0.1, -0.05) is 44.5 Å². The van der Waals surface area contributed by atoms with Crippen LogP contribution < -0.4 is 0 Å². The number of hydrogen-bond acceptors (Lipinski definition) is 3. The van der Waals surface area contributed by atoms with Crippen LogP contribution in [0.15, 0.2) is 41.8 Å². The summed E-state index contributed by atoms with van der Waals surface area (Å²) in [6.07, 6.45) is 0.975. The summed E-state index contributed by atoms with van der Waals surface area (Å²) in [4.78, 5) is 0.773. The first-order valence-electron chi connectivity index (χ1n) is 8.40. The fourth-order valence-electron chi connectivity index (χ4n) is 2.04. The predicted octanol–water partition coefficient (Wildman–Crippen LogP) is 4.43. The van der Waals surface area contributed by atoms with E-state index in [4.69, 9.17) is 4.43 Å². The zero-order valence-electron chi connectivity index (χ0n) is 15.8. The summed E-state index contributed by atoms with van der Waals surface area (Å²) in [5, 5.41) is 10.5. The zero-order valence-corrected chi connectivity index (χ0v) is 17.7. The predicted molar refractivity (Wildman–Crippen MR) is 105 cm³/mol. The lowest BCUT2D eigenvalue weighted by atomic mass is 10.2. The first kappa shape index (κ1) is 21.3. The molecule has 0 amide bonds. The molecule has 136 valence electrons. The monoisotopic (exact) mass is 368 g/mol. The minimum atomic E-state index is -2.07. The topological polar surface area (TPSA) is 46.5 Å². The third kappa shape index (κ3) is 5.95. The van der Waals surface area contributed by atoms with Gasteiger partial charge in [0.1, 0.15) is 0 Å². The molecule has 0 aliphatic carbocycles. The molecule has 0 aromatic heterocycles. The van der Waals surface area contributed by atoms with E-state index < -0.39 is 31.3 Å². The molecule has 0 radical (unpaired) electrons. The highest BCUT2D eigenvalue weighted by molar-refractivity contribution is 7.85. The molecule has 1 aromatic carbocycles. The lowest BCUT2D eigenvalue weighted by Crippen LogP contribution is -2.48. The van der Waals surface area contributed by atoms with E-state index >= 15 is 0 Å². The van der Waals surface area contributed by atoms with E-state index in [0.29, 0.717) is 12.2 Å². The Morgan fingerprint density at radius 3 is 2.29 bits per heavy atom. The van der Waals surface area contributed by atoms with Crippen LogP contribution in [0.1, 0.15) is 32.8 Å². The summed E-state index contributed by atoms with van der Waals surface area (Å²) in [6.45, 7) is 16.5. The molecule has 0 unspecified atom stereocenters. The number of hydrogen-bond donors (Lipinski definition) is 1. The summed E-state index contributed by atoms with van der Waals surface area (Å²) < 4.78 is 19.1. The second kappa shape index (κ2) is 8.56. The van der Waals surface area contributed by atoms with E-state index in [0.717, 1.165) is 10.5 Å². The van der Waals surface area contributed by atoms with Gasteiger partial charge in [0.25, 0.3) is 0 Å². The first-order valence-corrected chi connectivity index (χ1v) is 12.6. The Morgan fingerprint density at radius 1 is 1.29 bits per heavy atom. The first-order chi connectivity index (χ1) is 11.0. The smallest absolute Gasteiger partial charge is 0.192 e. The molecule has 0 fully saturated rings. The molecule has 24 heavy (non-hydrogen) atoms. The van der Waals surface area contributed by atoms with Crippen LogP contribution in [0, 0.1) is 6.92 Å². The van der Waals surface area contributed by atoms with Gasteiger partial charge in [0.15, 0.2) is 8.32 Å². The summed E-state index contributed by atoms with van der Waals surface area (Å²) in [5.41, 5.74) is 1.14. The Bertz CT molecular complexity index is 561. The van der Waals surface area contributed by atoms with Crippen molar-refractivity contribution in [3.63, 3.8) is 0 Å². The van der Waals surface area contributed by atoms with Gasteiger partial charge in [-0.25, -0.2) is 0 Å². The zero-order chi connectivity index (χ0) is 18.5. The van der Waals surface area contributed by atoms with Gasteiger partial charge in [-0.2, -0.15) is 0 Å². The Hall–Kier alpha value is -0.753. The standard InChI is InChI=1S/C19H32O3SSi/c1-8-9-17(20)18(22-24(6,7)19(3,4)5)14-23(21)16-12-10-15(2)11-13-16/h8,10-13,17-18,20H,1,9,14H2,2-7H3/t17-,18-,23-/m1/s1. The van der Waals surface area contributed by atoms with Crippen molar-refractivity contribution < 1.29 is 13.7 Å². The quantitative estimate of drug-likeness (QED) is 0.545. The molecule has 0 heterocycles. The fourth-order valence-corrected chi connectivity index (χ4v) is 4.73. The Labute approximate surface area is 150 Å². The molecule has 0 saturated carbocycles. The van der Waals surface area contributed by atoms with Crippen LogP contribution in [0.25, 0.3) is 0 Å². The van der Waals surface area contributed by atoms with Gasteiger partial charge < -0.3 is 9.53 Å². The van der Waals surface area contributed by atoms with Crippen LogP contribution in [0.4, 0.5) is 0 Å². The van der Waals surface area contributed by atoms with Gasteiger partial charge in [0, 0.05) is 4.90 Å². The third-order valence-electron chi connectivity index (χ3n) is 4.69. The molecule has 0 spiro atoms. The molecule has 5 heteroatoms. The second-order valence-corrected chi connectivity index (χ2v) is 14.1. The average Bonchev–Trinajstić information content (AvgIpc) is 2.46. The van der Waals surface area contributed by atoms with Gasteiger partial charge in [-0.05, 0) is 43.6 Å². The maximum absolute atomic E-state index is 12.7. The third-order valence-corrected chi connectivity index (χ3v) is 10.6. The van der Waals surface area contributed by atoms with Crippen molar-refractivity contribution >= 4 is 19.1 Å². The molecule has 1 aromatic rings. The maximum Gasteiger partial charge on any atom is 0.192 e. The normalized spacial score (nSPS) is 16.5. The van der Waals surface area contributed by atoms with Gasteiger partial charge in [0.05, 0.1) is 28.8 Å². The average molecular weight is 369 g/mol. The number of rotatable bonds is 8. The van der Waals surface area contributed by atoms with E-state index in [9.17, 15) is 9.32 Å². The molecular weight excluding hydrogens is 336 g/mol. The van der Waals surface area contributed by atoms with Gasteiger partial charge in [-0.3, -0.25) is 4.21 Å². The van der Waals surface area contributed by atoms with Crippen molar-refractivity contribution in [3.8, 4) is 0 Å². The summed E-state index contributed by atoms with van der Waals surface area (Å²) in [7, 11) is -3.27. The largest absolute Gasteiger partial charge is 0.410 e. The number of aliphatic hydroxyl groups is 1. The van der Waals surface area contributed by atoms with E-state index in [2.05, 4.69) is 40.4 Å². The number of benzene rings is 1. The molecular formula is C19H32O3SSi. The van der Waals surface area contributed by atoms with Crippen molar-refractivity contribution in [2.24, 2.45) is 0 Å². The lowest BCUT2D eigenvalue weighted by molar-refractivity contribution is 0.0433. The molecule has 0 saturated heterocycles. The van der Waals surface area contributed by atoms with Crippen molar-refractivity contribution in [1.82, 2.24) is 0 Å². The summed E-state index contributed by atoms with van der Waals surface area (Å²) in [5.74, 6) is 0.296. The van der Waals surface area contributed by atoms with Crippen molar-refractivity contribution in [3.05, 3.63) is 42.5 Å². The van der Waals surface area contributed by atoms with E-state index in [-0.39, 0.29) is 5.04 Å². The van der Waals surface area contributed by atoms with E-state index in [1.165, 1.54) is 0 Å². The Balaban J connectivity index is 2.95. The molecule has 0 aliphatic heterocycles. The Kier molecular flexibility index (Phi) is 7.60. The van der Waals surface area contributed by atoms with Crippen LogP contribution in [0.3, 0.4) is 0 Å². The highest BCUT2D eigenvalue weighted by Gasteiger charge is 2.40. The highest BCUT2D eigenvalue weighted by atomic mass is 32.2. The van der Waals surface area contributed by atoms with Crippen LogP contribution in [-0.4, -0.2) is 35.6 Å². The number of aryl methyl sites for hydroxylation is 1. The summed E-state index contributed by atoms with van der Waals surface area (Å²) >= 11 is 0. The minimum Gasteiger partial charge on any atom is -0.410 e. The van der Waals surface area contributed by atoms with E-state index in [1.54, 1.807) is 6.08 Å². The van der Waals surface area contributed by atoms with Crippen LogP contribution >= 0.6 is 0 Å². The molecule has 3 nitrogen and oxygen atoms in total. The fraction of sp³-hybridized carbons (Fsp3) is 0.579. The summed E-state index contributed by atoms with van der Waals surface area (Å²) in [6, 6.07) is 7.68. The van der Waals surface area contributed by atoms with Gasteiger partial charge >= 0.3 is 0 Å². The van der Waals surface area contributed by atoms with Crippen LogP contribution in [-0.2, 0) is 15.2 Å². The SMILES string of the molecule is C=CC[C@@H](O)[C@@H](C[S@@](=O)c1ccc(C)cc1)O[Si](C)(C)C(C)(C)C. The maximum atomic E-state index is 12.7.